The Morgan fingerprint density at radius 2 is 2.05 bits per heavy atom. The van der Waals surface area contributed by atoms with Crippen LogP contribution in [0.15, 0.2) is 41.5 Å². The fourth-order valence-electron chi connectivity index (χ4n) is 3.01. The number of hydrogen-bond acceptors (Lipinski definition) is 1. The second kappa shape index (κ2) is 5.75. The maximum Gasteiger partial charge on any atom is 0.0178 e. The summed E-state index contributed by atoms with van der Waals surface area (Å²) in [5, 5.41) is 0. The third kappa shape index (κ3) is 3.36. The highest BCUT2D eigenvalue weighted by atomic mass is 14.5. The molecule has 0 fully saturated rings. The van der Waals surface area contributed by atoms with E-state index in [1.54, 1.807) is 5.57 Å². The zero-order valence-corrected chi connectivity index (χ0v) is 12.4. The summed E-state index contributed by atoms with van der Waals surface area (Å²) in [5.74, 6) is 0. The van der Waals surface area contributed by atoms with Gasteiger partial charge in [0.15, 0.2) is 0 Å². The summed E-state index contributed by atoms with van der Waals surface area (Å²) in [6.07, 6.45) is 8.38. The fraction of sp³-hybridized carbons (Fsp3) is 0.444. The van der Waals surface area contributed by atoms with E-state index in [2.05, 4.69) is 57.2 Å². The van der Waals surface area contributed by atoms with Gasteiger partial charge >= 0.3 is 0 Å². The summed E-state index contributed by atoms with van der Waals surface area (Å²) in [4.78, 5) is 0. The monoisotopic (exact) mass is 255 g/mol. The zero-order chi connectivity index (χ0) is 13.9. The van der Waals surface area contributed by atoms with Crippen molar-refractivity contribution in [3.63, 3.8) is 0 Å². The third-order valence-electron chi connectivity index (χ3n) is 4.17. The lowest BCUT2D eigenvalue weighted by Crippen LogP contribution is -2.18. The largest absolute Gasteiger partial charge is 0.326 e. The van der Waals surface area contributed by atoms with Gasteiger partial charge in [-0.25, -0.2) is 0 Å². The van der Waals surface area contributed by atoms with Crippen LogP contribution in [0.25, 0.3) is 6.08 Å². The van der Waals surface area contributed by atoms with Crippen molar-refractivity contribution in [1.82, 2.24) is 0 Å². The smallest absolute Gasteiger partial charge is 0.0178 e. The highest BCUT2D eigenvalue weighted by molar-refractivity contribution is 5.55. The van der Waals surface area contributed by atoms with Gasteiger partial charge in [0.1, 0.15) is 0 Å². The lowest BCUT2D eigenvalue weighted by molar-refractivity contribution is 0.377. The molecule has 0 aromatic heterocycles. The molecule has 0 heterocycles. The molecule has 0 aliphatic heterocycles. The van der Waals surface area contributed by atoms with E-state index in [1.165, 1.54) is 36.0 Å². The minimum atomic E-state index is 0.310. The predicted octanol–water partition coefficient (Wildman–Crippen LogP) is 4.69. The number of allylic oxidation sites excluding steroid dienone is 3. The highest BCUT2D eigenvalue weighted by Crippen LogP contribution is 2.40. The number of nitrogens with two attached hydrogens (primary N) is 1. The quantitative estimate of drug-likeness (QED) is 0.833. The van der Waals surface area contributed by atoms with Gasteiger partial charge in [-0.1, -0.05) is 55.8 Å². The van der Waals surface area contributed by atoms with E-state index in [9.17, 15) is 0 Å². The van der Waals surface area contributed by atoms with Crippen LogP contribution in [0.5, 0.6) is 0 Å². The minimum Gasteiger partial charge on any atom is -0.326 e. The summed E-state index contributed by atoms with van der Waals surface area (Å²) in [7, 11) is 0. The van der Waals surface area contributed by atoms with Crippen LogP contribution in [0.3, 0.4) is 0 Å². The molecule has 102 valence electrons. The third-order valence-corrected chi connectivity index (χ3v) is 4.17. The lowest BCUT2D eigenvalue weighted by Gasteiger charge is -2.32. The van der Waals surface area contributed by atoms with Crippen LogP contribution in [0.4, 0.5) is 0 Å². The van der Waals surface area contributed by atoms with Crippen LogP contribution < -0.4 is 5.73 Å². The predicted molar refractivity (Wildman–Crippen MR) is 83.7 cm³/mol. The molecule has 1 nitrogen and oxygen atoms in total. The van der Waals surface area contributed by atoms with Gasteiger partial charge in [0.05, 0.1) is 0 Å². The molecule has 1 heteroatoms. The average molecular weight is 255 g/mol. The van der Waals surface area contributed by atoms with E-state index in [-0.39, 0.29) is 0 Å². The molecular weight excluding hydrogens is 230 g/mol. The normalized spacial score (nSPS) is 19.2. The minimum absolute atomic E-state index is 0.310. The Hall–Kier alpha value is -1.34. The van der Waals surface area contributed by atoms with Crippen LogP contribution in [-0.4, -0.2) is 0 Å². The molecular formula is C18H25N. The molecule has 1 aliphatic rings. The summed E-state index contributed by atoms with van der Waals surface area (Å²) in [5.41, 5.74) is 11.5. The molecule has 0 unspecified atom stereocenters. The molecule has 19 heavy (non-hydrogen) atoms. The van der Waals surface area contributed by atoms with Gasteiger partial charge in [0, 0.05) is 6.54 Å². The molecule has 0 bridgehead atoms. The summed E-state index contributed by atoms with van der Waals surface area (Å²) < 4.78 is 0. The van der Waals surface area contributed by atoms with Gasteiger partial charge < -0.3 is 5.73 Å². The van der Waals surface area contributed by atoms with Crippen LogP contribution in [0.2, 0.25) is 0 Å². The van der Waals surface area contributed by atoms with Gasteiger partial charge in [-0.2, -0.15) is 0 Å². The number of benzene rings is 1. The van der Waals surface area contributed by atoms with E-state index in [0.717, 1.165) is 0 Å². The van der Waals surface area contributed by atoms with Crippen molar-refractivity contribution >= 4 is 6.08 Å². The Morgan fingerprint density at radius 3 is 2.74 bits per heavy atom. The van der Waals surface area contributed by atoms with Crippen molar-refractivity contribution in [3.8, 4) is 0 Å². The first-order valence-electron chi connectivity index (χ1n) is 7.20. The first-order valence-corrected chi connectivity index (χ1v) is 7.20. The highest BCUT2D eigenvalue weighted by Gasteiger charge is 2.26. The van der Waals surface area contributed by atoms with Crippen molar-refractivity contribution < 1.29 is 0 Å². The maximum absolute atomic E-state index is 5.69. The van der Waals surface area contributed by atoms with Crippen molar-refractivity contribution in [2.24, 2.45) is 11.1 Å². The summed E-state index contributed by atoms with van der Waals surface area (Å²) >= 11 is 0. The first-order chi connectivity index (χ1) is 9.03. The molecule has 1 aliphatic carbocycles. The SMILES string of the molecule is CC1=C(C=Cc2cccc(CN)c2)C(C)(C)CCC1. The second-order valence-electron chi connectivity index (χ2n) is 6.21. The molecule has 0 saturated heterocycles. The average Bonchev–Trinajstić information content (AvgIpc) is 2.37. The lowest BCUT2D eigenvalue weighted by atomic mass is 9.72. The second-order valence-corrected chi connectivity index (χ2v) is 6.21. The van der Waals surface area contributed by atoms with E-state index in [1.807, 2.05) is 0 Å². The van der Waals surface area contributed by atoms with Gasteiger partial charge in [-0.05, 0) is 48.3 Å². The van der Waals surface area contributed by atoms with Gasteiger partial charge in [0.25, 0.3) is 0 Å². The molecule has 0 radical (unpaired) electrons. The topological polar surface area (TPSA) is 26.0 Å². The molecule has 0 amide bonds. The van der Waals surface area contributed by atoms with E-state index in [4.69, 9.17) is 5.73 Å². The summed E-state index contributed by atoms with van der Waals surface area (Å²) in [6.45, 7) is 7.59. The Labute approximate surface area is 117 Å². The van der Waals surface area contributed by atoms with Crippen molar-refractivity contribution in [2.45, 2.75) is 46.6 Å². The van der Waals surface area contributed by atoms with Crippen LogP contribution in [-0.2, 0) is 6.54 Å². The summed E-state index contributed by atoms with van der Waals surface area (Å²) in [6, 6.07) is 8.46. The van der Waals surface area contributed by atoms with Crippen molar-refractivity contribution in [1.29, 1.82) is 0 Å². The maximum atomic E-state index is 5.69. The molecule has 0 atom stereocenters. The number of hydrogen-bond donors (Lipinski definition) is 1. The molecule has 1 aromatic carbocycles. The number of rotatable bonds is 3. The van der Waals surface area contributed by atoms with Crippen molar-refractivity contribution in [3.05, 3.63) is 52.6 Å². The van der Waals surface area contributed by atoms with Crippen LogP contribution in [0.1, 0.15) is 51.2 Å². The Morgan fingerprint density at radius 1 is 1.26 bits per heavy atom. The van der Waals surface area contributed by atoms with E-state index < -0.39 is 0 Å². The van der Waals surface area contributed by atoms with E-state index in [0.29, 0.717) is 12.0 Å². The first kappa shape index (κ1) is 14.1. The van der Waals surface area contributed by atoms with Crippen LogP contribution in [0, 0.1) is 5.41 Å². The Bertz CT molecular complexity index is 506. The van der Waals surface area contributed by atoms with Gasteiger partial charge in [0.2, 0.25) is 0 Å². The van der Waals surface area contributed by atoms with Gasteiger partial charge in [-0.3, -0.25) is 0 Å². The van der Waals surface area contributed by atoms with Crippen LogP contribution >= 0.6 is 0 Å². The Kier molecular flexibility index (Phi) is 4.26. The fourth-order valence-corrected chi connectivity index (χ4v) is 3.01. The molecule has 0 spiro atoms. The molecule has 0 saturated carbocycles. The Balaban J connectivity index is 2.26. The van der Waals surface area contributed by atoms with Gasteiger partial charge in [-0.15, -0.1) is 0 Å². The molecule has 1 aromatic rings. The van der Waals surface area contributed by atoms with Crippen molar-refractivity contribution in [2.75, 3.05) is 0 Å². The zero-order valence-electron chi connectivity index (χ0n) is 12.4. The molecule has 2 rings (SSSR count). The van der Waals surface area contributed by atoms with E-state index >= 15 is 0 Å². The standard InChI is InChI=1S/C18H25N/c1-14-6-5-11-18(2,3)17(14)10-9-15-7-4-8-16(12-15)13-19/h4,7-10,12H,5-6,11,13,19H2,1-3H3. The molecule has 2 N–H and O–H groups in total.